The number of halogens is 3. The molecule has 2 aromatic heterocycles. The Balaban J connectivity index is 1.74. The van der Waals surface area contributed by atoms with Crippen LogP contribution in [0.4, 0.5) is 24.5 Å². The van der Waals surface area contributed by atoms with Crippen LogP contribution in [-0.4, -0.2) is 54.1 Å². The van der Waals surface area contributed by atoms with Crippen molar-refractivity contribution in [1.82, 2.24) is 9.55 Å². The fraction of sp³-hybridized carbons (Fsp3) is 0.417. The molecule has 0 bridgehead atoms. The van der Waals surface area contributed by atoms with Gasteiger partial charge in [0, 0.05) is 39.2 Å². The van der Waals surface area contributed by atoms with Crippen LogP contribution >= 0.6 is 0 Å². The molecule has 1 aliphatic heterocycles. The number of hydrogen-bond donors (Lipinski definition) is 1. The zero-order valence-corrected chi connectivity index (χ0v) is 20.8. The molecule has 0 radical (unpaired) electrons. The second-order valence-corrected chi connectivity index (χ2v) is 15.4. The molecule has 0 amide bonds. The van der Waals surface area contributed by atoms with Crippen molar-refractivity contribution < 1.29 is 32.5 Å². The molecule has 0 fully saturated rings. The number of aromatic nitrogens is 2. The Morgan fingerprint density at radius 1 is 1.23 bits per heavy atom. The summed E-state index contributed by atoms with van der Waals surface area (Å²) >= 11 is 0. The number of benzene rings is 1. The average molecular weight is 508 g/mol. The summed E-state index contributed by atoms with van der Waals surface area (Å²) in [5.74, 6) is -1.37. The molecule has 3 heterocycles. The second-order valence-electron chi connectivity index (χ2n) is 9.77. The number of carboxylic acid groups (broad SMARTS) is 1. The number of nitrogens with zero attached hydrogens (tertiary/aromatic N) is 3. The van der Waals surface area contributed by atoms with E-state index in [1.54, 1.807) is 46.0 Å². The van der Waals surface area contributed by atoms with Crippen molar-refractivity contribution in [2.75, 3.05) is 18.1 Å². The Bertz CT molecular complexity index is 1220. The van der Waals surface area contributed by atoms with Crippen molar-refractivity contribution in [2.24, 2.45) is 0 Å². The smallest absolute Gasteiger partial charge is 0.425 e. The molecule has 0 aliphatic carbocycles. The first-order valence-corrected chi connectivity index (χ1v) is 15.1. The van der Waals surface area contributed by atoms with Gasteiger partial charge in [-0.1, -0.05) is 31.8 Å². The highest BCUT2D eigenvalue weighted by molar-refractivity contribution is 6.76. The Morgan fingerprint density at radius 2 is 1.97 bits per heavy atom. The monoisotopic (exact) mass is 507 g/mol. The summed E-state index contributed by atoms with van der Waals surface area (Å²) < 4.78 is 54.0. The SMILES string of the molecule is C[Si](C)(C)CCOCn1ccc2cc3c(nc21)OC(C(F)(F)F)CCN3c1ccccc1C(=O)O. The Hall–Kier alpha value is -3.05. The Kier molecular flexibility index (Phi) is 6.83. The van der Waals surface area contributed by atoms with E-state index in [1.165, 1.54) is 6.07 Å². The maximum atomic E-state index is 13.7. The number of hydrogen-bond acceptors (Lipinski definition) is 5. The van der Waals surface area contributed by atoms with E-state index in [4.69, 9.17) is 9.47 Å². The number of carbonyl (C=O) groups is 1. The first-order valence-electron chi connectivity index (χ1n) is 11.3. The number of ether oxygens (including phenoxy) is 2. The maximum Gasteiger partial charge on any atom is 0.425 e. The van der Waals surface area contributed by atoms with E-state index >= 15 is 0 Å². The molecule has 1 unspecified atom stereocenters. The molecule has 0 saturated heterocycles. The lowest BCUT2D eigenvalue weighted by atomic mass is 10.1. The fourth-order valence-electron chi connectivity index (χ4n) is 3.94. The first kappa shape index (κ1) is 25.1. The summed E-state index contributed by atoms with van der Waals surface area (Å²) in [5, 5.41) is 10.3. The van der Waals surface area contributed by atoms with Crippen LogP contribution in [0.2, 0.25) is 25.7 Å². The van der Waals surface area contributed by atoms with Crippen molar-refractivity contribution in [1.29, 1.82) is 0 Å². The molecule has 7 nitrogen and oxygen atoms in total. The third-order valence-electron chi connectivity index (χ3n) is 5.86. The minimum atomic E-state index is -4.60. The number of rotatable bonds is 7. The number of pyridine rings is 1. The molecule has 11 heteroatoms. The fourth-order valence-corrected chi connectivity index (χ4v) is 4.70. The first-order chi connectivity index (χ1) is 16.4. The van der Waals surface area contributed by atoms with Crippen LogP contribution in [0, 0.1) is 0 Å². The molecule has 35 heavy (non-hydrogen) atoms. The van der Waals surface area contributed by atoms with Crippen LogP contribution in [0.1, 0.15) is 16.8 Å². The highest BCUT2D eigenvalue weighted by Crippen LogP contribution is 2.42. The van der Waals surface area contributed by atoms with E-state index in [-0.39, 0.29) is 42.5 Å². The van der Waals surface area contributed by atoms with Crippen LogP contribution in [0.5, 0.6) is 5.88 Å². The average Bonchev–Trinajstić information content (AvgIpc) is 3.05. The molecule has 188 valence electrons. The van der Waals surface area contributed by atoms with Crippen molar-refractivity contribution in [3.63, 3.8) is 0 Å². The Labute approximate surface area is 202 Å². The van der Waals surface area contributed by atoms with Gasteiger partial charge in [-0.05, 0) is 30.3 Å². The number of para-hydroxylation sites is 1. The molecule has 1 aromatic carbocycles. The third-order valence-corrected chi connectivity index (χ3v) is 7.56. The predicted octanol–water partition coefficient (Wildman–Crippen LogP) is 5.90. The van der Waals surface area contributed by atoms with Crippen molar-refractivity contribution >= 4 is 36.5 Å². The van der Waals surface area contributed by atoms with Gasteiger partial charge in [0.05, 0.1) is 11.3 Å². The largest absolute Gasteiger partial charge is 0.478 e. The summed E-state index contributed by atoms with van der Waals surface area (Å²) in [6.07, 6.45) is -5.28. The molecule has 1 aliphatic rings. The number of anilines is 2. The summed E-state index contributed by atoms with van der Waals surface area (Å²) in [6, 6.07) is 10.7. The van der Waals surface area contributed by atoms with Gasteiger partial charge < -0.3 is 24.0 Å². The van der Waals surface area contributed by atoms with Gasteiger partial charge in [0.2, 0.25) is 5.88 Å². The molecule has 4 rings (SSSR count). The minimum absolute atomic E-state index is 0.0163. The lowest BCUT2D eigenvalue weighted by Gasteiger charge is -2.25. The van der Waals surface area contributed by atoms with E-state index in [9.17, 15) is 23.1 Å². The number of alkyl halides is 3. The lowest BCUT2D eigenvalue weighted by molar-refractivity contribution is -0.195. The summed E-state index contributed by atoms with van der Waals surface area (Å²) in [7, 11) is -1.26. The van der Waals surface area contributed by atoms with Crippen molar-refractivity contribution in [2.45, 2.75) is 51.1 Å². The molecule has 3 aromatic rings. The maximum absolute atomic E-state index is 13.7. The zero-order chi connectivity index (χ0) is 25.4. The van der Waals surface area contributed by atoms with Gasteiger partial charge in [-0.3, -0.25) is 0 Å². The minimum Gasteiger partial charge on any atom is -0.478 e. The van der Waals surface area contributed by atoms with E-state index in [2.05, 4.69) is 24.6 Å². The summed E-state index contributed by atoms with van der Waals surface area (Å²) in [5.41, 5.74) is 0.988. The topological polar surface area (TPSA) is 76.8 Å². The molecule has 1 atom stereocenters. The standard InChI is InChI=1S/C24H28F3N3O4Si/c1-35(2,3)13-12-33-15-29-10-8-16-14-19-22(28-21(16)29)34-20(24(25,26)27)9-11-30(19)18-7-5-4-6-17(18)23(31)32/h4-8,10,14,20H,9,11-13,15H2,1-3H3,(H,31,32). The third kappa shape index (κ3) is 5.62. The normalized spacial score (nSPS) is 16.6. The molecular formula is C24H28F3N3O4Si. The van der Waals surface area contributed by atoms with E-state index < -0.39 is 26.3 Å². The van der Waals surface area contributed by atoms with Crippen LogP contribution < -0.4 is 9.64 Å². The number of carboxylic acids is 1. The molecule has 0 saturated carbocycles. The quantitative estimate of drug-likeness (QED) is 0.317. The van der Waals surface area contributed by atoms with E-state index in [0.717, 1.165) is 6.04 Å². The van der Waals surface area contributed by atoms with Gasteiger partial charge in [-0.25, -0.2) is 4.79 Å². The van der Waals surface area contributed by atoms with E-state index in [1.807, 2.05) is 0 Å². The van der Waals surface area contributed by atoms with Gasteiger partial charge >= 0.3 is 12.1 Å². The highest BCUT2D eigenvalue weighted by Gasteiger charge is 2.44. The molecular weight excluding hydrogens is 479 g/mol. The van der Waals surface area contributed by atoms with Gasteiger partial charge in [-0.2, -0.15) is 18.2 Å². The molecule has 0 spiro atoms. The van der Waals surface area contributed by atoms with Crippen LogP contribution in [-0.2, 0) is 11.5 Å². The van der Waals surface area contributed by atoms with E-state index in [0.29, 0.717) is 17.6 Å². The van der Waals surface area contributed by atoms with Crippen LogP contribution in [0.3, 0.4) is 0 Å². The highest BCUT2D eigenvalue weighted by atomic mass is 28.3. The lowest BCUT2D eigenvalue weighted by Crippen LogP contribution is -2.35. The predicted molar refractivity (Wildman–Crippen MR) is 129 cm³/mol. The van der Waals surface area contributed by atoms with Gasteiger partial charge in [0.1, 0.15) is 18.1 Å². The van der Waals surface area contributed by atoms with Crippen LogP contribution in [0.25, 0.3) is 11.0 Å². The van der Waals surface area contributed by atoms with Gasteiger partial charge in [0.15, 0.2) is 6.10 Å². The van der Waals surface area contributed by atoms with Gasteiger partial charge in [-0.15, -0.1) is 0 Å². The van der Waals surface area contributed by atoms with Crippen LogP contribution in [0.15, 0.2) is 42.6 Å². The second kappa shape index (κ2) is 9.54. The van der Waals surface area contributed by atoms with Crippen molar-refractivity contribution in [3.8, 4) is 5.88 Å². The zero-order valence-electron chi connectivity index (χ0n) is 19.8. The Morgan fingerprint density at radius 3 is 2.66 bits per heavy atom. The molecule has 1 N–H and O–H groups in total. The number of fused-ring (bicyclic) bond motifs is 2. The van der Waals surface area contributed by atoms with Crippen molar-refractivity contribution in [3.05, 3.63) is 48.2 Å². The summed E-state index contributed by atoms with van der Waals surface area (Å²) in [6.45, 7) is 7.47. The summed E-state index contributed by atoms with van der Waals surface area (Å²) in [4.78, 5) is 17.8. The van der Waals surface area contributed by atoms with Gasteiger partial charge in [0.25, 0.3) is 0 Å². The number of aromatic carboxylic acids is 1.